The molecule has 2 aromatic carbocycles. The summed E-state index contributed by atoms with van der Waals surface area (Å²) in [5.41, 5.74) is 1.18. The van der Waals surface area contributed by atoms with Crippen molar-refractivity contribution >= 4 is 63.9 Å². The topological polar surface area (TPSA) is 108 Å². The Morgan fingerprint density at radius 3 is 2.56 bits per heavy atom. The first-order valence-electron chi connectivity index (χ1n) is 9.76. The lowest BCUT2D eigenvalue weighted by Gasteiger charge is -2.31. The van der Waals surface area contributed by atoms with E-state index in [9.17, 15) is 19.7 Å². The number of amides is 2. The number of piperazine rings is 1. The van der Waals surface area contributed by atoms with Crippen molar-refractivity contribution in [3.63, 3.8) is 0 Å². The van der Waals surface area contributed by atoms with Crippen LogP contribution in [-0.2, 0) is 9.59 Å². The molecule has 0 spiro atoms. The van der Waals surface area contributed by atoms with Crippen molar-refractivity contribution in [3.8, 4) is 0 Å². The Morgan fingerprint density at radius 1 is 1.12 bits per heavy atom. The molecule has 4 rings (SSSR count). The summed E-state index contributed by atoms with van der Waals surface area (Å²) in [4.78, 5) is 40.0. The zero-order chi connectivity index (χ0) is 22.8. The minimum absolute atomic E-state index is 0.0687. The van der Waals surface area contributed by atoms with E-state index in [4.69, 9.17) is 23.8 Å². The van der Waals surface area contributed by atoms with Gasteiger partial charge in [-0.1, -0.05) is 17.7 Å². The van der Waals surface area contributed by atoms with Gasteiger partial charge in [0.2, 0.25) is 0 Å². The third-order valence-electron chi connectivity index (χ3n) is 5.15. The van der Waals surface area contributed by atoms with Gasteiger partial charge in [0.15, 0.2) is 5.11 Å². The Balaban J connectivity index is 1.79. The molecule has 2 aliphatic rings. The van der Waals surface area contributed by atoms with Gasteiger partial charge in [0.05, 0.1) is 10.6 Å². The number of hydrogen-bond donors (Lipinski definition) is 2. The molecule has 2 aliphatic heterocycles. The normalized spacial score (nSPS) is 18.2. The van der Waals surface area contributed by atoms with Crippen LogP contribution in [0, 0.1) is 10.1 Å². The molecule has 2 saturated heterocycles. The van der Waals surface area contributed by atoms with Gasteiger partial charge in [0, 0.05) is 54.6 Å². The summed E-state index contributed by atoms with van der Waals surface area (Å²) in [7, 11) is 0. The van der Waals surface area contributed by atoms with Crippen LogP contribution in [-0.4, -0.2) is 48.0 Å². The predicted molar refractivity (Wildman–Crippen MR) is 126 cm³/mol. The number of benzene rings is 2. The van der Waals surface area contributed by atoms with Gasteiger partial charge in [-0.05, 0) is 42.6 Å². The Morgan fingerprint density at radius 2 is 1.88 bits per heavy atom. The smallest absolute Gasteiger partial charge is 0.270 e. The van der Waals surface area contributed by atoms with Crippen molar-refractivity contribution in [2.45, 2.75) is 0 Å². The molecule has 2 N–H and O–H groups in total. The van der Waals surface area contributed by atoms with Crippen LogP contribution in [0.3, 0.4) is 0 Å². The molecule has 2 aromatic rings. The lowest BCUT2D eigenvalue weighted by molar-refractivity contribution is -0.384. The molecule has 2 fully saturated rings. The van der Waals surface area contributed by atoms with Crippen molar-refractivity contribution < 1.29 is 14.5 Å². The second-order valence-electron chi connectivity index (χ2n) is 7.17. The highest BCUT2D eigenvalue weighted by Gasteiger charge is 2.35. The highest BCUT2D eigenvalue weighted by Crippen LogP contribution is 2.30. The first-order chi connectivity index (χ1) is 15.3. The van der Waals surface area contributed by atoms with Gasteiger partial charge >= 0.3 is 0 Å². The van der Waals surface area contributed by atoms with E-state index in [1.165, 1.54) is 23.1 Å². The molecule has 2 amide bonds. The third-order valence-corrected chi connectivity index (χ3v) is 5.67. The van der Waals surface area contributed by atoms with Crippen molar-refractivity contribution in [1.82, 2.24) is 10.6 Å². The van der Waals surface area contributed by atoms with Crippen LogP contribution >= 0.6 is 23.8 Å². The number of non-ortho nitro benzene ring substituents is 1. The first kappa shape index (κ1) is 21.9. The first-order valence-corrected chi connectivity index (χ1v) is 10.5. The molecule has 2 heterocycles. The van der Waals surface area contributed by atoms with Crippen LogP contribution < -0.4 is 20.4 Å². The Bertz CT molecular complexity index is 1160. The zero-order valence-corrected chi connectivity index (χ0v) is 18.3. The number of carbonyl (C=O) groups excluding carboxylic acids is 2. The molecule has 11 heteroatoms. The quantitative estimate of drug-likeness (QED) is 0.232. The van der Waals surface area contributed by atoms with E-state index in [1.807, 2.05) is 0 Å². The van der Waals surface area contributed by atoms with Gasteiger partial charge in [-0.25, -0.2) is 0 Å². The summed E-state index contributed by atoms with van der Waals surface area (Å²) < 4.78 is 0. The highest BCUT2D eigenvalue weighted by molar-refractivity contribution is 7.80. The van der Waals surface area contributed by atoms with Gasteiger partial charge in [-0.2, -0.15) is 0 Å². The van der Waals surface area contributed by atoms with E-state index in [0.717, 1.165) is 13.1 Å². The maximum atomic E-state index is 13.3. The van der Waals surface area contributed by atoms with E-state index in [2.05, 4.69) is 15.5 Å². The fraction of sp³-hybridized carbons (Fsp3) is 0.190. The van der Waals surface area contributed by atoms with Gasteiger partial charge in [0.1, 0.15) is 5.57 Å². The summed E-state index contributed by atoms with van der Waals surface area (Å²) in [5, 5.41) is 17.4. The number of nitrogens with zero attached hydrogens (tertiary/aromatic N) is 3. The van der Waals surface area contributed by atoms with E-state index in [0.29, 0.717) is 35.1 Å². The summed E-state index contributed by atoms with van der Waals surface area (Å²) >= 11 is 11.3. The summed E-state index contributed by atoms with van der Waals surface area (Å²) in [6.07, 6.45) is 1.38. The molecular formula is C21H18ClN5O4S. The average molecular weight is 472 g/mol. The molecule has 0 unspecified atom stereocenters. The molecule has 0 atom stereocenters. The number of anilines is 2. The molecule has 0 aliphatic carbocycles. The maximum absolute atomic E-state index is 13.3. The molecule has 9 nitrogen and oxygen atoms in total. The lowest BCUT2D eigenvalue weighted by Crippen LogP contribution is -2.54. The summed E-state index contributed by atoms with van der Waals surface area (Å²) in [6, 6.07) is 10.9. The molecule has 0 bridgehead atoms. The maximum Gasteiger partial charge on any atom is 0.270 e. The standard InChI is InChI=1S/C21H18ClN5O4S/c22-14-2-1-3-15(12-14)26-20(29)17(19(28)24-21(26)32)11-13-10-16(27(30)31)4-5-18(13)25-8-6-23-7-9-25/h1-5,10-12,23H,6-9H2,(H,24,28,32)/b17-11-. The van der Waals surface area contributed by atoms with Crippen LogP contribution in [0.4, 0.5) is 17.1 Å². The summed E-state index contributed by atoms with van der Waals surface area (Å²) in [6.45, 7) is 2.88. The van der Waals surface area contributed by atoms with E-state index in [1.54, 1.807) is 30.3 Å². The van der Waals surface area contributed by atoms with Crippen molar-refractivity contribution in [1.29, 1.82) is 0 Å². The third kappa shape index (κ3) is 4.33. The molecule has 0 radical (unpaired) electrons. The molecular weight excluding hydrogens is 454 g/mol. The number of thiocarbonyl (C=S) groups is 1. The fourth-order valence-corrected chi connectivity index (χ4v) is 4.09. The fourth-order valence-electron chi connectivity index (χ4n) is 3.63. The largest absolute Gasteiger partial charge is 0.368 e. The van der Waals surface area contributed by atoms with E-state index < -0.39 is 16.7 Å². The second kappa shape index (κ2) is 9.03. The highest BCUT2D eigenvalue weighted by atomic mass is 35.5. The van der Waals surface area contributed by atoms with Crippen molar-refractivity contribution in [2.24, 2.45) is 0 Å². The zero-order valence-electron chi connectivity index (χ0n) is 16.7. The van der Waals surface area contributed by atoms with Gasteiger partial charge in [0.25, 0.3) is 17.5 Å². The second-order valence-corrected chi connectivity index (χ2v) is 8.00. The predicted octanol–water partition coefficient (Wildman–Crippen LogP) is 2.49. The number of hydrogen-bond acceptors (Lipinski definition) is 7. The van der Waals surface area contributed by atoms with Crippen molar-refractivity contribution in [3.05, 3.63) is 68.7 Å². The monoisotopic (exact) mass is 471 g/mol. The molecule has 0 saturated carbocycles. The van der Waals surface area contributed by atoms with E-state index in [-0.39, 0.29) is 16.4 Å². The Labute approximate surface area is 193 Å². The lowest BCUT2D eigenvalue weighted by atomic mass is 10.0. The van der Waals surface area contributed by atoms with Crippen LogP contribution in [0.2, 0.25) is 5.02 Å². The van der Waals surface area contributed by atoms with Gasteiger partial charge in [-0.3, -0.25) is 29.9 Å². The van der Waals surface area contributed by atoms with Crippen LogP contribution in [0.1, 0.15) is 5.56 Å². The van der Waals surface area contributed by atoms with E-state index >= 15 is 0 Å². The minimum Gasteiger partial charge on any atom is -0.368 e. The van der Waals surface area contributed by atoms with Gasteiger partial charge in [-0.15, -0.1) is 0 Å². The van der Waals surface area contributed by atoms with Crippen LogP contribution in [0.25, 0.3) is 6.08 Å². The SMILES string of the molecule is O=C1NC(=S)N(c2cccc(Cl)c2)C(=O)/C1=C\c1cc([N+](=O)[O-])ccc1N1CCNCC1. The molecule has 0 aromatic heterocycles. The Kier molecular flexibility index (Phi) is 6.17. The summed E-state index contributed by atoms with van der Waals surface area (Å²) in [5.74, 6) is -1.31. The number of nitrogens with one attached hydrogen (secondary N) is 2. The molecule has 32 heavy (non-hydrogen) atoms. The Hall–Kier alpha value is -3.34. The number of carbonyl (C=O) groups is 2. The average Bonchev–Trinajstić information content (AvgIpc) is 2.77. The number of rotatable bonds is 4. The van der Waals surface area contributed by atoms with Crippen molar-refractivity contribution in [2.75, 3.05) is 36.0 Å². The van der Waals surface area contributed by atoms with Crippen LogP contribution in [0.15, 0.2) is 48.0 Å². The number of nitro benzene ring substituents is 1. The minimum atomic E-state index is -0.670. The molecule has 164 valence electrons. The van der Waals surface area contributed by atoms with Crippen LogP contribution in [0.5, 0.6) is 0 Å². The number of nitro groups is 1. The number of halogens is 1. The van der Waals surface area contributed by atoms with Gasteiger partial charge < -0.3 is 10.2 Å².